The van der Waals surface area contributed by atoms with E-state index in [-0.39, 0.29) is 23.4 Å². The van der Waals surface area contributed by atoms with Crippen LogP contribution in [0.15, 0.2) is 24.3 Å². The van der Waals surface area contributed by atoms with Crippen molar-refractivity contribution in [1.29, 1.82) is 0 Å². The molecule has 1 atom stereocenters. The number of piperazine rings is 1. The van der Waals surface area contributed by atoms with Crippen LogP contribution in [0.1, 0.15) is 35.7 Å². The zero-order chi connectivity index (χ0) is 16.1. The summed E-state index contributed by atoms with van der Waals surface area (Å²) < 4.78 is 0. The summed E-state index contributed by atoms with van der Waals surface area (Å²) >= 11 is 0. The minimum Gasteiger partial charge on any atom is -0.478 e. The second-order valence-electron chi connectivity index (χ2n) is 5.30. The largest absolute Gasteiger partial charge is 0.478 e. The third kappa shape index (κ3) is 3.63. The molecule has 1 aromatic rings. The van der Waals surface area contributed by atoms with Crippen LogP contribution in [-0.4, -0.2) is 46.9 Å². The summed E-state index contributed by atoms with van der Waals surface area (Å²) in [6.45, 7) is 2.93. The zero-order valence-corrected chi connectivity index (χ0v) is 12.5. The average Bonchev–Trinajstić information content (AvgIpc) is 2.52. The molecule has 1 aromatic carbocycles. The Bertz CT molecular complexity index is 568. The molecule has 6 heteroatoms. The summed E-state index contributed by atoms with van der Waals surface area (Å²) in [5.74, 6) is -1.09. The molecule has 2 rings (SSSR count). The van der Waals surface area contributed by atoms with Gasteiger partial charge >= 0.3 is 5.97 Å². The molecule has 0 bridgehead atoms. The number of aromatic carboxylic acids is 1. The van der Waals surface area contributed by atoms with Crippen molar-refractivity contribution >= 4 is 17.8 Å². The summed E-state index contributed by atoms with van der Waals surface area (Å²) in [5.41, 5.74) is 1.14. The fraction of sp³-hybridized carbons (Fsp3) is 0.438. The minimum atomic E-state index is -0.965. The SMILES string of the molecule is CC[C@H]1C(=O)NCCN1C(=O)CCc1ccc(C(=O)O)cc1. The molecule has 1 fully saturated rings. The minimum absolute atomic E-state index is 0.0380. The number of amides is 2. The first-order valence-corrected chi connectivity index (χ1v) is 7.42. The molecular formula is C16H20N2O4. The number of carboxylic acid groups (broad SMARTS) is 1. The van der Waals surface area contributed by atoms with Crippen molar-refractivity contribution in [3.8, 4) is 0 Å². The van der Waals surface area contributed by atoms with Gasteiger partial charge in [-0.15, -0.1) is 0 Å². The lowest BCUT2D eigenvalue weighted by Crippen LogP contribution is -2.56. The predicted molar refractivity (Wildman–Crippen MR) is 80.5 cm³/mol. The molecule has 1 saturated heterocycles. The molecule has 0 spiro atoms. The van der Waals surface area contributed by atoms with Crippen LogP contribution in [0.25, 0.3) is 0 Å². The van der Waals surface area contributed by atoms with Gasteiger partial charge in [0.2, 0.25) is 11.8 Å². The summed E-state index contributed by atoms with van der Waals surface area (Å²) in [6, 6.07) is 6.13. The highest BCUT2D eigenvalue weighted by atomic mass is 16.4. The standard InChI is InChI=1S/C16H20N2O4/c1-2-13-15(20)17-9-10-18(13)14(19)8-5-11-3-6-12(7-4-11)16(21)22/h3-4,6-7,13H,2,5,8-10H2,1H3,(H,17,20)(H,21,22)/t13-/m0/s1. The van der Waals surface area contributed by atoms with E-state index in [0.29, 0.717) is 32.4 Å². The van der Waals surface area contributed by atoms with E-state index in [2.05, 4.69) is 5.32 Å². The Morgan fingerprint density at radius 2 is 2.00 bits per heavy atom. The van der Waals surface area contributed by atoms with Crippen LogP contribution >= 0.6 is 0 Å². The maximum absolute atomic E-state index is 12.3. The van der Waals surface area contributed by atoms with Crippen LogP contribution in [-0.2, 0) is 16.0 Å². The van der Waals surface area contributed by atoms with Crippen molar-refractivity contribution in [2.24, 2.45) is 0 Å². The van der Waals surface area contributed by atoms with E-state index in [0.717, 1.165) is 5.56 Å². The summed E-state index contributed by atoms with van der Waals surface area (Å²) in [4.78, 5) is 36.5. The Hall–Kier alpha value is -2.37. The van der Waals surface area contributed by atoms with Crippen molar-refractivity contribution in [2.45, 2.75) is 32.2 Å². The van der Waals surface area contributed by atoms with Gasteiger partial charge in [-0.3, -0.25) is 9.59 Å². The number of nitrogens with zero attached hydrogens (tertiary/aromatic N) is 1. The fourth-order valence-corrected chi connectivity index (χ4v) is 2.63. The summed E-state index contributed by atoms with van der Waals surface area (Å²) in [7, 11) is 0. The van der Waals surface area contributed by atoms with Crippen molar-refractivity contribution in [3.05, 3.63) is 35.4 Å². The highest BCUT2D eigenvalue weighted by Gasteiger charge is 2.30. The lowest BCUT2D eigenvalue weighted by atomic mass is 10.0. The Morgan fingerprint density at radius 1 is 1.32 bits per heavy atom. The third-order valence-corrected chi connectivity index (χ3v) is 3.87. The maximum atomic E-state index is 12.3. The van der Waals surface area contributed by atoms with Gasteiger partial charge in [-0.05, 0) is 30.5 Å². The quantitative estimate of drug-likeness (QED) is 0.851. The number of carbonyl (C=O) groups is 3. The van der Waals surface area contributed by atoms with E-state index >= 15 is 0 Å². The topological polar surface area (TPSA) is 86.7 Å². The second-order valence-corrected chi connectivity index (χ2v) is 5.30. The number of nitrogens with one attached hydrogen (secondary N) is 1. The molecule has 22 heavy (non-hydrogen) atoms. The maximum Gasteiger partial charge on any atom is 0.335 e. The highest BCUT2D eigenvalue weighted by Crippen LogP contribution is 2.13. The molecule has 0 saturated carbocycles. The number of rotatable bonds is 5. The van der Waals surface area contributed by atoms with Gasteiger partial charge in [0, 0.05) is 19.5 Å². The van der Waals surface area contributed by atoms with Crippen LogP contribution in [0, 0.1) is 0 Å². The molecule has 0 aliphatic carbocycles. The number of hydrogen-bond donors (Lipinski definition) is 2. The molecular weight excluding hydrogens is 284 g/mol. The molecule has 1 aliphatic heterocycles. The van der Waals surface area contributed by atoms with Gasteiger partial charge in [0.15, 0.2) is 0 Å². The van der Waals surface area contributed by atoms with Crippen LogP contribution in [0.2, 0.25) is 0 Å². The second kappa shape index (κ2) is 7.06. The monoisotopic (exact) mass is 304 g/mol. The lowest BCUT2D eigenvalue weighted by Gasteiger charge is -2.34. The molecule has 0 aromatic heterocycles. The van der Waals surface area contributed by atoms with E-state index < -0.39 is 5.97 Å². The first-order chi connectivity index (χ1) is 10.5. The van der Waals surface area contributed by atoms with Crippen LogP contribution < -0.4 is 5.32 Å². The molecule has 6 nitrogen and oxygen atoms in total. The van der Waals surface area contributed by atoms with Gasteiger partial charge in [-0.2, -0.15) is 0 Å². The Morgan fingerprint density at radius 3 is 2.59 bits per heavy atom. The molecule has 0 unspecified atom stereocenters. The van der Waals surface area contributed by atoms with Crippen LogP contribution in [0.3, 0.4) is 0 Å². The normalized spacial score (nSPS) is 18.0. The number of hydrogen-bond acceptors (Lipinski definition) is 3. The van der Waals surface area contributed by atoms with Crippen molar-refractivity contribution in [1.82, 2.24) is 10.2 Å². The van der Waals surface area contributed by atoms with Crippen LogP contribution in [0.5, 0.6) is 0 Å². The third-order valence-electron chi connectivity index (χ3n) is 3.87. The molecule has 2 N–H and O–H groups in total. The van der Waals surface area contributed by atoms with Gasteiger partial charge in [0.05, 0.1) is 5.56 Å². The molecule has 2 amide bonds. The Balaban J connectivity index is 1.94. The van der Waals surface area contributed by atoms with Gasteiger partial charge in [0.1, 0.15) is 6.04 Å². The van der Waals surface area contributed by atoms with Crippen LogP contribution in [0.4, 0.5) is 0 Å². The van der Waals surface area contributed by atoms with Gasteiger partial charge in [-0.1, -0.05) is 19.1 Å². The molecule has 1 aliphatic rings. The molecule has 1 heterocycles. The number of carbonyl (C=O) groups excluding carboxylic acids is 2. The Kier molecular flexibility index (Phi) is 5.14. The van der Waals surface area contributed by atoms with Gasteiger partial charge < -0.3 is 15.3 Å². The van der Waals surface area contributed by atoms with E-state index in [1.54, 1.807) is 17.0 Å². The van der Waals surface area contributed by atoms with Crippen molar-refractivity contribution in [2.75, 3.05) is 13.1 Å². The first kappa shape index (κ1) is 16.0. The van der Waals surface area contributed by atoms with E-state index in [9.17, 15) is 14.4 Å². The number of benzene rings is 1. The van der Waals surface area contributed by atoms with Gasteiger partial charge in [0.25, 0.3) is 0 Å². The van der Waals surface area contributed by atoms with E-state index in [1.165, 1.54) is 12.1 Å². The fourth-order valence-electron chi connectivity index (χ4n) is 2.63. The Labute approximate surface area is 129 Å². The number of aryl methyl sites for hydroxylation is 1. The predicted octanol–water partition coefficient (Wildman–Crippen LogP) is 1.05. The summed E-state index contributed by atoms with van der Waals surface area (Å²) in [6.07, 6.45) is 1.45. The van der Waals surface area contributed by atoms with E-state index in [4.69, 9.17) is 5.11 Å². The number of carboxylic acids is 1. The smallest absolute Gasteiger partial charge is 0.335 e. The van der Waals surface area contributed by atoms with Crippen molar-refractivity contribution in [3.63, 3.8) is 0 Å². The van der Waals surface area contributed by atoms with Crippen molar-refractivity contribution < 1.29 is 19.5 Å². The van der Waals surface area contributed by atoms with Gasteiger partial charge in [-0.25, -0.2) is 4.79 Å². The molecule has 0 radical (unpaired) electrons. The zero-order valence-electron chi connectivity index (χ0n) is 12.5. The first-order valence-electron chi connectivity index (χ1n) is 7.42. The van der Waals surface area contributed by atoms with E-state index in [1.807, 2.05) is 6.92 Å². The highest BCUT2D eigenvalue weighted by molar-refractivity contribution is 5.89. The molecule has 118 valence electrons. The lowest BCUT2D eigenvalue weighted by molar-refractivity contribution is -0.143. The summed E-state index contributed by atoms with van der Waals surface area (Å²) in [5, 5.41) is 11.6. The average molecular weight is 304 g/mol.